The van der Waals surface area contributed by atoms with E-state index in [0.29, 0.717) is 0 Å². The zero-order valence-corrected chi connectivity index (χ0v) is 15.6. The number of fused-ring (bicyclic) bond motifs is 1. The van der Waals surface area contributed by atoms with E-state index in [1.807, 2.05) is 32.9 Å². The van der Waals surface area contributed by atoms with Gasteiger partial charge in [-0.2, -0.15) is 0 Å². The molecule has 5 nitrogen and oxygen atoms in total. The van der Waals surface area contributed by atoms with Crippen molar-refractivity contribution in [2.24, 2.45) is 5.41 Å². The second-order valence-corrected chi connectivity index (χ2v) is 8.32. The Balaban J connectivity index is 1.76. The number of hydrogen-bond acceptors (Lipinski definition) is 5. The van der Waals surface area contributed by atoms with E-state index in [4.69, 9.17) is 9.72 Å². The van der Waals surface area contributed by atoms with Crippen LogP contribution < -0.4 is 15.0 Å². The lowest BCUT2D eigenvalue weighted by molar-refractivity contribution is -0.129. The number of benzene rings is 1. The third kappa shape index (κ3) is 3.48. The van der Waals surface area contributed by atoms with Crippen LogP contribution in [0.1, 0.15) is 33.6 Å². The molecule has 1 N–H and O–H groups in total. The van der Waals surface area contributed by atoms with Crippen LogP contribution in [0, 0.1) is 5.41 Å². The molecule has 1 aliphatic rings. The monoisotopic (exact) mass is 347 g/mol. The molecule has 6 heteroatoms. The zero-order chi connectivity index (χ0) is 17.3. The predicted octanol–water partition coefficient (Wildman–Crippen LogP) is 3.44. The summed E-state index contributed by atoms with van der Waals surface area (Å²) in [5, 5.41) is 4.19. The van der Waals surface area contributed by atoms with Crippen molar-refractivity contribution >= 4 is 32.6 Å². The molecule has 0 saturated carbocycles. The highest BCUT2D eigenvalue weighted by Crippen LogP contribution is 2.35. The molecule has 1 aromatic heterocycles. The number of para-hydroxylation sites is 1. The fourth-order valence-corrected chi connectivity index (χ4v) is 3.90. The second-order valence-electron chi connectivity index (χ2n) is 7.31. The number of anilines is 1. The van der Waals surface area contributed by atoms with Gasteiger partial charge in [0, 0.05) is 24.5 Å². The highest BCUT2D eigenvalue weighted by Gasteiger charge is 2.28. The molecule has 2 heterocycles. The molecule has 0 bridgehead atoms. The predicted molar refractivity (Wildman–Crippen MR) is 99.0 cm³/mol. The van der Waals surface area contributed by atoms with Gasteiger partial charge in [0.05, 0.1) is 11.8 Å². The van der Waals surface area contributed by atoms with E-state index in [-0.39, 0.29) is 17.4 Å². The quantitative estimate of drug-likeness (QED) is 0.924. The minimum Gasteiger partial charge on any atom is -0.494 e. The third-order valence-electron chi connectivity index (χ3n) is 4.30. The number of methoxy groups -OCH3 is 1. The molecule has 0 radical (unpaired) electrons. The number of rotatable bonds is 3. The van der Waals surface area contributed by atoms with Crippen LogP contribution in [0.15, 0.2) is 18.2 Å². The molecule has 130 valence electrons. The van der Waals surface area contributed by atoms with Gasteiger partial charge in [-0.3, -0.25) is 4.79 Å². The molecule has 3 rings (SSSR count). The van der Waals surface area contributed by atoms with Gasteiger partial charge in [-0.05, 0) is 25.0 Å². The lowest BCUT2D eigenvalue weighted by Gasteiger charge is -2.34. The van der Waals surface area contributed by atoms with Gasteiger partial charge in [-0.1, -0.05) is 38.2 Å². The molecule has 1 fully saturated rings. The van der Waals surface area contributed by atoms with E-state index in [1.54, 1.807) is 18.4 Å². The van der Waals surface area contributed by atoms with Crippen molar-refractivity contribution in [3.05, 3.63) is 18.2 Å². The first-order valence-corrected chi connectivity index (χ1v) is 9.19. The maximum Gasteiger partial charge on any atom is 0.225 e. The number of piperidine rings is 1. The fourth-order valence-electron chi connectivity index (χ4n) is 2.88. The number of amides is 1. The van der Waals surface area contributed by atoms with Gasteiger partial charge in [-0.25, -0.2) is 4.98 Å². The van der Waals surface area contributed by atoms with E-state index in [2.05, 4.69) is 16.3 Å². The molecule has 24 heavy (non-hydrogen) atoms. The van der Waals surface area contributed by atoms with E-state index >= 15 is 0 Å². The summed E-state index contributed by atoms with van der Waals surface area (Å²) < 4.78 is 6.54. The number of thiazole rings is 1. The average Bonchev–Trinajstić information content (AvgIpc) is 2.98. The van der Waals surface area contributed by atoms with Crippen molar-refractivity contribution in [3.63, 3.8) is 0 Å². The summed E-state index contributed by atoms with van der Waals surface area (Å²) in [5.41, 5.74) is 0.562. The van der Waals surface area contributed by atoms with Crippen LogP contribution in [-0.2, 0) is 4.79 Å². The third-order valence-corrected chi connectivity index (χ3v) is 5.38. The topological polar surface area (TPSA) is 54.5 Å². The highest BCUT2D eigenvalue weighted by molar-refractivity contribution is 7.22. The van der Waals surface area contributed by atoms with Gasteiger partial charge in [-0.15, -0.1) is 0 Å². The summed E-state index contributed by atoms with van der Waals surface area (Å²) in [6.45, 7) is 7.63. The maximum atomic E-state index is 12.2. The number of ether oxygens (including phenoxy) is 1. The Morgan fingerprint density at radius 3 is 2.92 bits per heavy atom. The van der Waals surface area contributed by atoms with Crippen LogP contribution in [-0.4, -0.2) is 37.1 Å². The van der Waals surface area contributed by atoms with Gasteiger partial charge >= 0.3 is 0 Å². The van der Waals surface area contributed by atoms with Crippen molar-refractivity contribution in [1.82, 2.24) is 10.3 Å². The number of carbonyl (C=O) groups excluding carboxylic acids is 1. The first-order valence-electron chi connectivity index (χ1n) is 8.38. The lowest BCUT2D eigenvalue weighted by Crippen LogP contribution is -2.50. The lowest BCUT2D eigenvalue weighted by atomic mass is 9.94. The van der Waals surface area contributed by atoms with Crippen molar-refractivity contribution in [2.75, 3.05) is 25.1 Å². The Bertz CT molecular complexity index is 735. The normalized spacial score (nSPS) is 18.7. The van der Waals surface area contributed by atoms with Crippen LogP contribution in [0.4, 0.5) is 5.13 Å². The first kappa shape index (κ1) is 17.0. The van der Waals surface area contributed by atoms with Crippen LogP contribution in [0.2, 0.25) is 0 Å². The molecule has 1 atom stereocenters. The zero-order valence-electron chi connectivity index (χ0n) is 14.8. The summed E-state index contributed by atoms with van der Waals surface area (Å²) in [5.74, 6) is 0.921. The number of carbonyl (C=O) groups is 1. The van der Waals surface area contributed by atoms with E-state index in [9.17, 15) is 4.79 Å². The Morgan fingerprint density at radius 1 is 1.42 bits per heavy atom. The van der Waals surface area contributed by atoms with Gasteiger partial charge < -0.3 is 15.0 Å². The Labute approximate surface area is 147 Å². The number of aromatic nitrogens is 1. The molecule has 1 unspecified atom stereocenters. The second kappa shape index (κ2) is 6.59. The summed E-state index contributed by atoms with van der Waals surface area (Å²) in [7, 11) is 1.67. The largest absolute Gasteiger partial charge is 0.494 e. The Morgan fingerprint density at radius 2 is 2.21 bits per heavy atom. The highest BCUT2D eigenvalue weighted by atomic mass is 32.1. The van der Waals surface area contributed by atoms with Crippen LogP contribution in [0.5, 0.6) is 5.75 Å². The number of hydrogen-bond donors (Lipinski definition) is 1. The average molecular weight is 347 g/mol. The molecular formula is C18H25N3O2S. The molecule has 0 spiro atoms. The fraction of sp³-hybridized carbons (Fsp3) is 0.556. The van der Waals surface area contributed by atoms with Crippen LogP contribution in [0.3, 0.4) is 0 Å². The van der Waals surface area contributed by atoms with Crippen molar-refractivity contribution in [1.29, 1.82) is 0 Å². The summed E-state index contributed by atoms with van der Waals surface area (Å²) in [6, 6.07) is 6.18. The summed E-state index contributed by atoms with van der Waals surface area (Å²) in [4.78, 5) is 19.3. The molecular weight excluding hydrogens is 322 g/mol. The minimum absolute atomic E-state index is 0.111. The molecule has 0 aliphatic carbocycles. The number of nitrogens with zero attached hydrogens (tertiary/aromatic N) is 2. The molecule has 1 aliphatic heterocycles. The summed E-state index contributed by atoms with van der Waals surface area (Å²) in [6.07, 6.45) is 2.08. The molecule has 2 aromatic rings. The van der Waals surface area contributed by atoms with Crippen molar-refractivity contribution in [2.45, 2.75) is 39.7 Å². The van der Waals surface area contributed by atoms with Gasteiger partial charge in [0.15, 0.2) is 5.13 Å². The molecule has 1 saturated heterocycles. The number of nitrogens with one attached hydrogen (secondary N) is 1. The maximum absolute atomic E-state index is 12.2. The van der Waals surface area contributed by atoms with Crippen molar-refractivity contribution < 1.29 is 9.53 Å². The standard InChI is InChI=1S/C18H25N3O2S/c1-18(2,3)16(22)19-12-7-6-10-21(11-12)17-20-15-13(23-4)8-5-9-14(15)24-17/h5,8-9,12H,6-7,10-11H2,1-4H3,(H,19,22). The van der Waals surface area contributed by atoms with E-state index in [1.165, 1.54) is 0 Å². The van der Waals surface area contributed by atoms with Crippen molar-refractivity contribution in [3.8, 4) is 5.75 Å². The van der Waals surface area contributed by atoms with Gasteiger partial charge in [0.2, 0.25) is 5.91 Å². The van der Waals surface area contributed by atoms with Gasteiger partial charge in [0.25, 0.3) is 0 Å². The Kier molecular flexibility index (Phi) is 4.67. The van der Waals surface area contributed by atoms with Crippen LogP contribution >= 0.6 is 11.3 Å². The first-order chi connectivity index (χ1) is 11.4. The SMILES string of the molecule is COc1cccc2sc(N3CCCC(NC(=O)C(C)(C)C)C3)nc12. The summed E-state index contributed by atoms with van der Waals surface area (Å²) >= 11 is 1.68. The van der Waals surface area contributed by atoms with E-state index < -0.39 is 0 Å². The smallest absolute Gasteiger partial charge is 0.225 e. The van der Waals surface area contributed by atoms with E-state index in [0.717, 1.165) is 47.0 Å². The Hall–Kier alpha value is -1.82. The molecule has 1 amide bonds. The van der Waals surface area contributed by atoms with Gasteiger partial charge in [0.1, 0.15) is 11.3 Å². The minimum atomic E-state index is -0.356. The molecule has 1 aromatic carbocycles. The van der Waals surface area contributed by atoms with Crippen LogP contribution in [0.25, 0.3) is 10.2 Å².